The largest absolute Gasteiger partial charge is 0.494 e. The Morgan fingerprint density at radius 3 is 2.88 bits per heavy atom. The van der Waals surface area contributed by atoms with Gasteiger partial charge in [0.1, 0.15) is 5.75 Å². The summed E-state index contributed by atoms with van der Waals surface area (Å²) in [5.41, 5.74) is 1.20. The van der Waals surface area contributed by atoms with Crippen molar-refractivity contribution < 1.29 is 9.84 Å². The molecular weight excluding hydrogens is 214 g/mol. The Balaban J connectivity index is 2.26. The maximum absolute atomic E-state index is 9.18. The van der Waals surface area contributed by atoms with E-state index in [9.17, 15) is 5.11 Å². The molecule has 1 rings (SSSR count). The fraction of sp³-hybridized carbons (Fsp3) is 0.571. The number of aliphatic hydroxyl groups excluding tert-OH is 1. The molecule has 0 bridgehead atoms. The van der Waals surface area contributed by atoms with Crippen LogP contribution in [-0.2, 0) is 0 Å². The van der Waals surface area contributed by atoms with Crippen LogP contribution in [0.5, 0.6) is 5.75 Å². The summed E-state index contributed by atoms with van der Waals surface area (Å²) in [6.45, 7) is 5.90. The van der Waals surface area contributed by atoms with Crippen LogP contribution >= 0.6 is 0 Å². The molecule has 3 heteroatoms. The summed E-state index contributed by atoms with van der Waals surface area (Å²) >= 11 is 0. The van der Waals surface area contributed by atoms with E-state index in [2.05, 4.69) is 12.2 Å². The Morgan fingerprint density at radius 1 is 1.41 bits per heavy atom. The van der Waals surface area contributed by atoms with Gasteiger partial charge in [0.2, 0.25) is 0 Å². The summed E-state index contributed by atoms with van der Waals surface area (Å²) in [6.07, 6.45) is 1.90. The molecule has 0 fully saturated rings. The number of aliphatic hydroxyl groups is 1. The van der Waals surface area contributed by atoms with Crippen molar-refractivity contribution in [2.75, 3.05) is 19.8 Å². The van der Waals surface area contributed by atoms with E-state index in [-0.39, 0.29) is 12.6 Å². The molecule has 17 heavy (non-hydrogen) atoms. The molecule has 1 aromatic carbocycles. The average Bonchev–Trinajstić information content (AvgIpc) is 2.33. The van der Waals surface area contributed by atoms with Gasteiger partial charge < -0.3 is 15.2 Å². The zero-order chi connectivity index (χ0) is 12.5. The topological polar surface area (TPSA) is 41.5 Å². The number of aryl methyl sites for hydroxylation is 1. The zero-order valence-electron chi connectivity index (χ0n) is 10.8. The van der Waals surface area contributed by atoms with Crippen LogP contribution in [0.4, 0.5) is 0 Å². The maximum Gasteiger partial charge on any atom is 0.119 e. The minimum Gasteiger partial charge on any atom is -0.494 e. The van der Waals surface area contributed by atoms with Crippen LogP contribution in [-0.4, -0.2) is 30.9 Å². The second-order valence-corrected chi connectivity index (χ2v) is 4.29. The lowest BCUT2D eigenvalue weighted by molar-refractivity contribution is 0.209. The monoisotopic (exact) mass is 237 g/mol. The van der Waals surface area contributed by atoms with E-state index >= 15 is 0 Å². The second-order valence-electron chi connectivity index (χ2n) is 4.29. The van der Waals surface area contributed by atoms with Gasteiger partial charge in [-0.25, -0.2) is 0 Å². The van der Waals surface area contributed by atoms with Gasteiger partial charge in [0, 0.05) is 6.04 Å². The molecule has 0 radical (unpaired) electrons. The Kier molecular flexibility index (Phi) is 6.67. The van der Waals surface area contributed by atoms with E-state index in [4.69, 9.17) is 4.74 Å². The van der Waals surface area contributed by atoms with Crippen molar-refractivity contribution in [2.45, 2.75) is 32.7 Å². The molecule has 0 spiro atoms. The Morgan fingerprint density at radius 2 is 2.24 bits per heavy atom. The van der Waals surface area contributed by atoms with E-state index in [1.165, 1.54) is 5.56 Å². The van der Waals surface area contributed by atoms with Gasteiger partial charge in [-0.1, -0.05) is 19.1 Å². The van der Waals surface area contributed by atoms with Crippen molar-refractivity contribution in [3.8, 4) is 5.75 Å². The number of nitrogens with one attached hydrogen (secondary N) is 1. The van der Waals surface area contributed by atoms with Crippen LogP contribution in [0.3, 0.4) is 0 Å². The van der Waals surface area contributed by atoms with Crippen LogP contribution in [0.2, 0.25) is 0 Å². The summed E-state index contributed by atoms with van der Waals surface area (Å²) in [5, 5.41) is 12.5. The smallest absolute Gasteiger partial charge is 0.119 e. The summed E-state index contributed by atoms with van der Waals surface area (Å²) in [7, 11) is 0. The maximum atomic E-state index is 9.18. The van der Waals surface area contributed by atoms with Crippen molar-refractivity contribution in [1.29, 1.82) is 0 Å². The third kappa shape index (κ3) is 5.71. The molecule has 0 saturated heterocycles. The van der Waals surface area contributed by atoms with Crippen LogP contribution < -0.4 is 10.1 Å². The van der Waals surface area contributed by atoms with Gasteiger partial charge in [0.25, 0.3) is 0 Å². The Bertz CT molecular complexity index is 315. The summed E-state index contributed by atoms with van der Waals surface area (Å²) in [5.74, 6) is 0.900. The summed E-state index contributed by atoms with van der Waals surface area (Å²) in [6, 6.07) is 8.16. The number of rotatable bonds is 8. The van der Waals surface area contributed by atoms with Gasteiger partial charge in [-0.15, -0.1) is 0 Å². The first-order valence-corrected chi connectivity index (χ1v) is 6.30. The molecule has 0 amide bonds. The third-order valence-corrected chi connectivity index (χ3v) is 2.63. The number of ether oxygens (including phenoxy) is 1. The van der Waals surface area contributed by atoms with Gasteiger partial charge in [-0.2, -0.15) is 0 Å². The molecule has 1 atom stereocenters. The number of hydrogen-bond acceptors (Lipinski definition) is 3. The van der Waals surface area contributed by atoms with Crippen molar-refractivity contribution in [2.24, 2.45) is 0 Å². The minimum absolute atomic E-state index is 0.139. The fourth-order valence-corrected chi connectivity index (χ4v) is 1.63. The molecule has 0 aliphatic carbocycles. The van der Waals surface area contributed by atoms with Crippen molar-refractivity contribution in [1.82, 2.24) is 5.32 Å². The first kappa shape index (κ1) is 14.0. The second kappa shape index (κ2) is 8.09. The van der Waals surface area contributed by atoms with Crippen LogP contribution in [0, 0.1) is 6.92 Å². The third-order valence-electron chi connectivity index (χ3n) is 2.63. The van der Waals surface area contributed by atoms with Gasteiger partial charge in [0.15, 0.2) is 0 Å². The molecule has 1 unspecified atom stereocenters. The van der Waals surface area contributed by atoms with E-state index in [0.29, 0.717) is 6.61 Å². The highest BCUT2D eigenvalue weighted by Gasteiger charge is 2.05. The highest BCUT2D eigenvalue weighted by Crippen LogP contribution is 2.12. The normalized spacial score (nSPS) is 12.4. The molecule has 0 aliphatic rings. The van der Waals surface area contributed by atoms with Gasteiger partial charge in [-0.05, 0) is 44.0 Å². The summed E-state index contributed by atoms with van der Waals surface area (Å²) < 4.78 is 5.65. The van der Waals surface area contributed by atoms with E-state index in [0.717, 1.165) is 25.1 Å². The summed E-state index contributed by atoms with van der Waals surface area (Å²) in [4.78, 5) is 0. The van der Waals surface area contributed by atoms with Gasteiger partial charge in [-0.3, -0.25) is 0 Å². The first-order chi connectivity index (χ1) is 8.26. The minimum atomic E-state index is 0.139. The number of benzene rings is 1. The van der Waals surface area contributed by atoms with Crippen molar-refractivity contribution >= 4 is 0 Å². The molecule has 0 aromatic heterocycles. The van der Waals surface area contributed by atoms with Crippen molar-refractivity contribution in [3.05, 3.63) is 29.8 Å². The predicted octanol–water partition coefficient (Wildman–Crippen LogP) is 2.12. The predicted molar refractivity (Wildman–Crippen MR) is 70.5 cm³/mol. The molecule has 1 aromatic rings. The Labute approximate surface area is 104 Å². The first-order valence-electron chi connectivity index (χ1n) is 6.30. The lowest BCUT2D eigenvalue weighted by Gasteiger charge is -2.16. The van der Waals surface area contributed by atoms with E-state index < -0.39 is 0 Å². The van der Waals surface area contributed by atoms with Crippen LogP contribution in [0.15, 0.2) is 24.3 Å². The number of hydrogen-bond donors (Lipinski definition) is 2. The zero-order valence-corrected chi connectivity index (χ0v) is 10.8. The van der Waals surface area contributed by atoms with E-state index in [1.807, 2.05) is 31.2 Å². The van der Waals surface area contributed by atoms with Crippen LogP contribution in [0.1, 0.15) is 25.3 Å². The standard InChI is InChI=1S/C14H23NO2/c1-3-8-15-13(11-16)7-9-17-14-6-4-5-12(2)10-14/h4-6,10,13,15-16H,3,7-9,11H2,1-2H3. The average molecular weight is 237 g/mol. The molecule has 96 valence electrons. The highest BCUT2D eigenvalue weighted by molar-refractivity contribution is 5.27. The Hall–Kier alpha value is -1.06. The lowest BCUT2D eigenvalue weighted by Crippen LogP contribution is -2.34. The molecule has 3 nitrogen and oxygen atoms in total. The van der Waals surface area contributed by atoms with Crippen molar-refractivity contribution in [3.63, 3.8) is 0 Å². The highest BCUT2D eigenvalue weighted by atomic mass is 16.5. The van der Waals surface area contributed by atoms with E-state index in [1.54, 1.807) is 0 Å². The fourth-order valence-electron chi connectivity index (χ4n) is 1.63. The lowest BCUT2D eigenvalue weighted by atomic mass is 10.2. The molecule has 0 aliphatic heterocycles. The quantitative estimate of drug-likeness (QED) is 0.727. The van der Waals surface area contributed by atoms with Gasteiger partial charge in [0.05, 0.1) is 13.2 Å². The van der Waals surface area contributed by atoms with Gasteiger partial charge >= 0.3 is 0 Å². The molecule has 2 N–H and O–H groups in total. The van der Waals surface area contributed by atoms with Crippen LogP contribution in [0.25, 0.3) is 0 Å². The molecular formula is C14H23NO2. The molecule has 0 saturated carbocycles. The SMILES string of the molecule is CCCNC(CO)CCOc1cccc(C)c1. The molecule has 0 heterocycles.